The Balaban J connectivity index is 1.77. The summed E-state index contributed by atoms with van der Waals surface area (Å²) in [4.78, 5) is 32.2. The largest absolute Gasteiger partial charge is 0.296 e. The van der Waals surface area contributed by atoms with Crippen LogP contribution in [0.15, 0.2) is 59.7 Å². The van der Waals surface area contributed by atoms with Crippen molar-refractivity contribution in [1.29, 1.82) is 0 Å². The average molecular weight is 361 g/mol. The quantitative estimate of drug-likeness (QED) is 0.444. The molecule has 27 heavy (non-hydrogen) atoms. The predicted octanol–water partition coefficient (Wildman–Crippen LogP) is 2.89. The summed E-state index contributed by atoms with van der Waals surface area (Å²) in [5.74, 6) is 0. The second kappa shape index (κ2) is 6.49. The Morgan fingerprint density at radius 3 is 2.63 bits per heavy atom. The van der Waals surface area contributed by atoms with Gasteiger partial charge in [0.1, 0.15) is 0 Å². The highest BCUT2D eigenvalue weighted by Gasteiger charge is 2.16. The van der Waals surface area contributed by atoms with Crippen LogP contribution >= 0.6 is 0 Å². The summed E-state index contributed by atoms with van der Waals surface area (Å²) in [6, 6.07) is 11.7. The van der Waals surface area contributed by atoms with Crippen molar-refractivity contribution in [2.45, 2.75) is 13.3 Å². The van der Waals surface area contributed by atoms with Crippen molar-refractivity contribution in [2.75, 3.05) is 0 Å². The molecule has 0 aliphatic carbocycles. The van der Waals surface area contributed by atoms with Crippen LogP contribution in [-0.2, 0) is 6.42 Å². The lowest BCUT2D eigenvalue weighted by atomic mass is 10.0. The van der Waals surface area contributed by atoms with Crippen LogP contribution in [0.5, 0.6) is 0 Å². The minimum Gasteiger partial charge on any atom is -0.296 e. The monoisotopic (exact) mass is 361 g/mol. The predicted molar refractivity (Wildman–Crippen MR) is 99.7 cm³/mol. The number of benzene rings is 1. The third-order valence-corrected chi connectivity index (χ3v) is 4.43. The molecule has 0 saturated heterocycles. The first-order valence-corrected chi connectivity index (χ1v) is 8.29. The van der Waals surface area contributed by atoms with E-state index in [-0.39, 0.29) is 11.2 Å². The van der Waals surface area contributed by atoms with Crippen molar-refractivity contribution in [2.24, 2.45) is 0 Å². The lowest BCUT2D eigenvalue weighted by Gasteiger charge is -2.06. The number of pyridine rings is 1. The lowest BCUT2D eigenvalue weighted by molar-refractivity contribution is -0.384. The molecular formula is C19H15N5O3. The Labute approximate surface area is 153 Å². The first-order valence-electron chi connectivity index (χ1n) is 8.29. The summed E-state index contributed by atoms with van der Waals surface area (Å²) < 4.78 is 1.40. The van der Waals surface area contributed by atoms with E-state index in [2.05, 4.69) is 15.1 Å². The highest BCUT2D eigenvalue weighted by Crippen LogP contribution is 2.21. The number of rotatable bonds is 4. The number of nitro groups is 1. The molecule has 0 unspecified atom stereocenters. The maximum absolute atomic E-state index is 12.9. The SMILES string of the molecule is Cc1nc2c(-c3ccccn3)c[nH]n2c(=O)c1Cc1ccc([N+](=O)[O-])cc1. The second-order valence-corrected chi connectivity index (χ2v) is 6.14. The van der Waals surface area contributed by atoms with Gasteiger partial charge in [0, 0.05) is 42.2 Å². The van der Waals surface area contributed by atoms with E-state index in [1.165, 1.54) is 16.6 Å². The molecule has 134 valence electrons. The Bertz CT molecular complexity index is 1190. The Kier molecular flexibility index (Phi) is 4.00. The number of aromatic amines is 1. The van der Waals surface area contributed by atoms with Crippen LogP contribution < -0.4 is 5.56 Å². The van der Waals surface area contributed by atoms with Gasteiger partial charge in [-0.05, 0) is 24.6 Å². The first kappa shape index (κ1) is 16.6. The van der Waals surface area contributed by atoms with Crippen LogP contribution in [0.1, 0.15) is 16.8 Å². The van der Waals surface area contributed by atoms with Gasteiger partial charge in [-0.1, -0.05) is 18.2 Å². The number of fused-ring (bicyclic) bond motifs is 1. The van der Waals surface area contributed by atoms with Gasteiger partial charge in [-0.3, -0.25) is 25.0 Å². The number of aryl methyl sites for hydroxylation is 1. The minimum atomic E-state index is -0.449. The van der Waals surface area contributed by atoms with E-state index >= 15 is 0 Å². The van der Waals surface area contributed by atoms with Gasteiger partial charge in [0.15, 0.2) is 5.65 Å². The Morgan fingerprint density at radius 1 is 1.19 bits per heavy atom. The highest BCUT2D eigenvalue weighted by molar-refractivity contribution is 5.74. The van der Waals surface area contributed by atoms with E-state index in [0.717, 1.165) is 16.8 Å². The fourth-order valence-electron chi connectivity index (χ4n) is 3.01. The zero-order chi connectivity index (χ0) is 19.0. The molecule has 4 aromatic rings. The van der Waals surface area contributed by atoms with Crippen molar-refractivity contribution in [1.82, 2.24) is 19.6 Å². The average Bonchev–Trinajstić information content (AvgIpc) is 3.10. The third kappa shape index (κ3) is 2.97. The number of nitrogens with one attached hydrogen (secondary N) is 1. The maximum Gasteiger partial charge on any atom is 0.276 e. The normalized spacial score (nSPS) is 11.0. The molecule has 0 saturated carbocycles. The summed E-state index contributed by atoms with van der Waals surface area (Å²) in [5, 5.41) is 13.7. The van der Waals surface area contributed by atoms with Gasteiger partial charge in [-0.25, -0.2) is 9.50 Å². The van der Waals surface area contributed by atoms with Crippen molar-refractivity contribution < 1.29 is 4.92 Å². The number of H-pyrrole nitrogens is 1. The molecule has 3 heterocycles. The molecule has 0 aliphatic heterocycles. The van der Waals surface area contributed by atoms with E-state index in [4.69, 9.17) is 0 Å². The minimum absolute atomic E-state index is 0.0186. The van der Waals surface area contributed by atoms with Gasteiger partial charge in [-0.15, -0.1) is 0 Å². The first-order chi connectivity index (χ1) is 13.0. The fraction of sp³-hybridized carbons (Fsp3) is 0.105. The molecule has 0 aliphatic rings. The molecule has 1 N–H and O–H groups in total. The van der Waals surface area contributed by atoms with E-state index in [1.54, 1.807) is 31.5 Å². The molecule has 3 aromatic heterocycles. The summed E-state index contributed by atoms with van der Waals surface area (Å²) in [5.41, 5.74) is 3.78. The third-order valence-electron chi connectivity index (χ3n) is 4.43. The number of hydrogen-bond donors (Lipinski definition) is 1. The van der Waals surface area contributed by atoms with Gasteiger partial charge in [0.05, 0.1) is 16.2 Å². The van der Waals surface area contributed by atoms with Crippen LogP contribution in [0.4, 0.5) is 5.69 Å². The molecule has 1 aromatic carbocycles. The molecule has 8 nitrogen and oxygen atoms in total. The van der Waals surface area contributed by atoms with E-state index in [9.17, 15) is 14.9 Å². The van der Waals surface area contributed by atoms with Crippen molar-refractivity contribution in [3.05, 3.63) is 92.1 Å². The topological polar surface area (TPSA) is 106 Å². The molecule has 0 bridgehead atoms. The number of nitro benzene ring substituents is 1. The standard InChI is InChI=1S/C19H15N5O3/c1-12-15(10-13-5-7-14(8-6-13)24(26)27)19(25)23-18(22-12)16(11-21-23)17-4-2-3-9-20-17/h2-9,11,21H,10H2,1H3. The zero-order valence-electron chi connectivity index (χ0n) is 14.4. The van der Waals surface area contributed by atoms with Crippen molar-refractivity contribution in [3.8, 4) is 11.3 Å². The molecule has 0 radical (unpaired) electrons. The maximum atomic E-state index is 12.9. The second-order valence-electron chi connectivity index (χ2n) is 6.14. The van der Waals surface area contributed by atoms with Crippen LogP contribution in [0, 0.1) is 17.0 Å². The van der Waals surface area contributed by atoms with Crippen LogP contribution in [0.2, 0.25) is 0 Å². The van der Waals surface area contributed by atoms with Gasteiger partial charge in [0.2, 0.25) is 0 Å². The summed E-state index contributed by atoms with van der Waals surface area (Å²) in [6.07, 6.45) is 3.74. The van der Waals surface area contributed by atoms with Crippen LogP contribution in [0.3, 0.4) is 0 Å². The van der Waals surface area contributed by atoms with Gasteiger partial charge >= 0.3 is 0 Å². The lowest BCUT2D eigenvalue weighted by Crippen LogP contribution is -2.22. The summed E-state index contributed by atoms with van der Waals surface area (Å²) in [6.45, 7) is 1.79. The van der Waals surface area contributed by atoms with Crippen molar-refractivity contribution >= 4 is 11.3 Å². The van der Waals surface area contributed by atoms with Gasteiger partial charge < -0.3 is 0 Å². The number of non-ortho nitro benzene ring substituents is 1. The molecular weight excluding hydrogens is 346 g/mol. The Hall–Kier alpha value is -3.81. The van der Waals surface area contributed by atoms with Gasteiger partial charge in [0.25, 0.3) is 11.2 Å². The fourth-order valence-corrected chi connectivity index (χ4v) is 3.01. The zero-order valence-corrected chi connectivity index (χ0v) is 14.4. The summed E-state index contributed by atoms with van der Waals surface area (Å²) in [7, 11) is 0. The summed E-state index contributed by atoms with van der Waals surface area (Å²) >= 11 is 0. The molecule has 0 amide bonds. The van der Waals surface area contributed by atoms with Crippen molar-refractivity contribution in [3.63, 3.8) is 0 Å². The van der Waals surface area contributed by atoms with E-state index in [0.29, 0.717) is 23.3 Å². The molecule has 8 heteroatoms. The highest BCUT2D eigenvalue weighted by atomic mass is 16.6. The number of aromatic nitrogens is 4. The van der Waals surface area contributed by atoms with E-state index < -0.39 is 4.92 Å². The van der Waals surface area contributed by atoms with Crippen LogP contribution in [-0.4, -0.2) is 24.5 Å². The number of hydrogen-bond acceptors (Lipinski definition) is 5. The molecule has 0 atom stereocenters. The van der Waals surface area contributed by atoms with E-state index in [1.807, 2.05) is 18.2 Å². The number of nitrogens with zero attached hydrogens (tertiary/aromatic N) is 4. The molecule has 0 fully saturated rings. The Morgan fingerprint density at radius 2 is 1.96 bits per heavy atom. The van der Waals surface area contributed by atoms with Gasteiger partial charge in [-0.2, -0.15) is 0 Å². The smallest absolute Gasteiger partial charge is 0.276 e. The van der Waals surface area contributed by atoms with Crippen LogP contribution in [0.25, 0.3) is 16.9 Å². The molecule has 4 rings (SSSR count). The molecule has 0 spiro atoms.